The molecule has 0 amide bonds. The van der Waals surface area contributed by atoms with Gasteiger partial charge in [0.1, 0.15) is 0 Å². The van der Waals surface area contributed by atoms with Gasteiger partial charge < -0.3 is 5.73 Å². The highest BCUT2D eigenvalue weighted by Crippen LogP contribution is 2.57. The Bertz CT molecular complexity index is 603. The maximum Gasteiger partial charge on any atom is 0.159 e. The number of nitrogens with two attached hydrogens (primary N) is 1. The zero-order valence-corrected chi connectivity index (χ0v) is 16.0. The van der Waals surface area contributed by atoms with Crippen LogP contribution in [0.5, 0.6) is 0 Å². The van der Waals surface area contributed by atoms with Gasteiger partial charge in [-0.3, -0.25) is 4.79 Å². The molecule has 126 valence electrons. The first-order valence-corrected chi connectivity index (χ1v) is 9.15. The fourth-order valence-corrected chi connectivity index (χ4v) is 4.98. The van der Waals surface area contributed by atoms with E-state index in [1.165, 1.54) is 17.6 Å². The van der Waals surface area contributed by atoms with Crippen LogP contribution in [0.25, 0.3) is 0 Å². The lowest BCUT2D eigenvalue weighted by Gasteiger charge is -2.50. The maximum absolute atomic E-state index is 11.5. The van der Waals surface area contributed by atoms with Crippen LogP contribution in [0.15, 0.2) is 35.9 Å². The standard InChI is InChI=1S/C20H30NOP/c1-5-19(3)12-10-17(20(4,23)18(19)11-13-21)16-8-6-15(7-9-16)14(2)22/h6-9,11,17H,5,10,12-13,21,23H2,1-4H3/b18-11+. The van der Waals surface area contributed by atoms with Gasteiger partial charge in [0.25, 0.3) is 0 Å². The normalized spacial score (nSPS) is 33.0. The minimum Gasteiger partial charge on any atom is -0.327 e. The summed E-state index contributed by atoms with van der Waals surface area (Å²) in [7, 11) is 3.10. The van der Waals surface area contributed by atoms with E-state index in [1.54, 1.807) is 6.92 Å². The van der Waals surface area contributed by atoms with Crippen LogP contribution in [-0.2, 0) is 0 Å². The molecule has 4 atom stereocenters. The van der Waals surface area contributed by atoms with Crippen LogP contribution in [0.1, 0.15) is 68.8 Å². The minimum absolute atomic E-state index is 0.000119. The number of ketones is 1. The lowest BCUT2D eigenvalue weighted by atomic mass is 9.60. The topological polar surface area (TPSA) is 43.1 Å². The van der Waals surface area contributed by atoms with Crippen molar-refractivity contribution < 1.29 is 4.79 Å². The summed E-state index contributed by atoms with van der Waals surface area (Å²) in [5.41, 5.74) is 9.66. The van der Waals surface area contributed by atoms with E-state index >= 15 is 0 Å². The molecule has 2 nitrogen and oxygen atoms in total. The van der Waals surface area contributed by atoms with Crippen molar-refractivity contribution in [3.05, 3.63) is 47.0 Å². The van der Waals surface area contributed by atoms with Crippen molar-refractivity contribution in [2.75, 3.05) is 6.54 Å². The summed E-state index contributed by atoms with van der Waals surface area (Å²) in [5, 5.41) is 0.000119. The Morgan fingerprint density at radius 3 is 2.43 bits per heavy atom. The molecule has 0 aliphatic heterocycles. The largest absolute Gasteiger partial charge is 0.327 e. The first-order chi connectivity index (χ1) is 10.8. The van der Waals surface area contributed by atoms with E-state index in [2.05, 4.69) is 48.2 Å². The van der Waals surface area contributed by atoms with Crippen LogP contribution in [0.3, 0.4) is 0 Å². The number of hydrogen-bond donors (Lipinski definition) is 1. The van der Waals surface area contributed by atoms with E-state index in [0.717, 1.165) is 18.4 Å². The summed E-state index contributed by atoms with van der Waals surface area (Å²) >= 11 is 0. The molecule has 1 aliphatic rings. The molecule has 1 aromatic rings. The Balaban J connectivity index is 2.41. The third kappa shape index (κ3) is 3.44. The van der Waals surface area contributed by atoms with Crippen molar-refractivity contribution in [3.63, 3.8) is 0 Å². The number of benzene rings is 1. The first kappa shape index (κ1) is 18.4. The Labute approximate surface area is 143 Å². The van der Waals surface area contributed by atoms with E-state index in [0.29, 0.717) is 12.5 Å². The van der Waals surface area contributed by atoms with Crippen molar-refractivity contribution in [1.29, 1.82) is 0 Å². The predicted molar refractivity (Wildman–Crippen MR) is 102 cm³/mol. The molecule has 3 heteroatoms. The average Bonchev–Trinajstić information content (AvgIpc) is 2.51. The number of allylic oxidation sites excluding steroid dienone is 1. The van der Waals surface area contributed by atoms with E-state index in [-0.39, 0.29) is 16.4 Å². The van der Waals surface area contributed by atoms with Crippen LogP contribution < -0.4 is 5.73 Å². The summed E-state index contributed by atoms with van der Waals surface area (Å²) in [6.07, 6.45) is 5.70. The molecule has 0 aromatic heterocycles. The summed E-state index contributed by atoms with van der Waals surface area (Å²) in [4.78, 5) is 11.5. The minimum atomic E-state index is 0.000119. The second kappa shape index (κ2) is 6.87. The second-order valence-corrected chi connectivity index (χ2v) is 8.52. The molecule has 1 aliphatic carbocycles. The lowest BCUT2D eigenvalue weighted by Crippen LogP contribution is -2.42. The fourth-order valence-electron chi connectivity index (χ4n) is 4.15. The summed E-state index contributed by atoms with van der Waals surface area (Å²) in [6, 6.07) is 8.16. The Morgan fingerprint density at radius 2 is 1.96 bits per heavy atom. The third-order valence-electron chi connectivity index (χ3n) is 5.76. The van der Waals surface area contributed by atoms with E-state index in [9.17, 15) is 4.79 Å². The van der Waals surface area contributed by atoms with Gasteiger partial charge in [-0.25, -0.2) is 0 Å². The Hall–Kier alpha value is -0.980. The van der Waals surface area contributed by atoms with Gasteiger partial charge in [-0.2, -0.15) is 0 Å². The Morgan fingerprint density at radius 1 is 1.35 bits per heavy atom. The van der Waals surface area contributed by atoms with E-state index in [4.69, 9.17) is 5.73 Å². The molecule has 0 heterocycles. The highest BCUT2D eigenvalue weighted by atomic mass is 31.0. The van der Waals surface area contributed by atoms with Crippen LogP contribution in [0.2, 0.25) is 0 Å². The SMILES string of the molecule is CCC1(C)CCC(c2ccc(C(C)=O)cc2)C(C)(P)/C1=C/CN. The van der Waals surface area contributed by atoms with Crippen molar-refractivity contribution in [2.45, 2.75) is 58.0 Å². The zero-order chi connectivity index (χ0) is 17.3. The highest BCUT2D eigenvalue weighted by Gasteiger charge is 2.46. The molecule has 1 fully saturated rings. The van der Waals surface area contributed by atoms with Gasteiger partial charge in [0, 0.05) is 17.3 Å². The number of hydrogen-bond acceptors (Lipinski definition) is 2. The number of carbonyl (C=O) groups is 1. The molecule has 1 aromatic carbocycles. The molecule has 4 unspecified atom stereocenters. The number of rotatable bonds is 4. The van der Waals surface area contributed by atoms with Crippen LogP contribution >= 0.6 is 9.24 Å². The molecular formula is C20H30NOP. The van der Waals surface area contributed by atoms with Gasteiger partial charge in [-0.05, 0) is 43.1 Å². The van der Waals surface area contributed by atoms with Gasteiger partial charge in [-0.15, -0.1) is 9.24 Å². The van der Waals surface area contributed by atoms with Crippen LogP contribution in [0, 0.1) is 5.41 Å². The monoisotopic (exact) mass is 331 g/mol. The van der Waals surface area contributed by atoms with Crippen molar-refractivity contribution in [2.24, 2.45) is 11.1 Å². The highest BCUT2D eigenvalue weighted by molar-refractivity contribution is 7.19. The summed E-state index contributed by atoms with van der Waals surface area (Å²) < 4.78 is 0. The van der Waals surface area contributed by atoms with E-state index < -0.39 is 0 Å². The average molecular weight is 331 g/mol. The van der Waals surface area contributed by atoms with Crippen LogP contribution in [-0.4, -0.2) is 17.5 Å². The summed E-state index contributed by atoms with van der Waals surface area (Å²) in [6.45, 7) is 9.16. The van der Waals surface area contributed by atoms with Gasteiger partial charge in [-0.1, -0.05) is 56.7 Å². The first-order valence-electron chi connectivity index (χ1n) is 8.57. The molecule has 2 N–H and O–H groups in total. The molecule has 1 saturated carbocycles. The van der Waals surface area contributed by atoms with Crippen molar-refractivity contribution >= 4 is 15.0 Å². The molecule has 0 saturated heterocycles. The maximum atomic E-state index is 11.5. The molecule has 23 heavy (non-hydrogen) atoms. The number of carbonyl (C=O) groups excluding carboxylic acids is 1. The van der Waals surface area contributed by atoms with Crippen molar-refractivity contribution in [1.82, 2.24) is 0 Å². The van der Waals surface area contributed by atoms with Gasteiger partial charge >= 0.3 is 0 Å². The summed E-state index contributed by atoms with van der Waals surface area (Å²) in [5.74, 6) is 0.557. The zero-order valence-electron chi connectivity index (χ0n) is 14.9. The molecule has 0 bridgehead atoms. The molecule has 2 rings (SSSR count). The van der Waals surface area contributed by atoms with Crippen molar-refractivity contribution in [3.8, 4) is 0 Å². The second-order valence-electron chi connectivity index (χ2n) is 7.32. The smallest absolute Gasteiger partial charge is 0.159 e. The quantitative estimate of drug-likeness (QED) is 0.493. The van der Waals surface area contributed by atoms with Gasteiger partial charge in [0.2, 0.25) is 0 Å². The third-order valence-corrected chi connectivity index (χ3v) is 6.47. The molecule has 0 spiro atoms. The Kier molecular flexibility index (Phi) is 5.48. The lowest BCUT2D eigenvalue weighted by molar-refractivity contribution is 0.101. The molecular weight excluding hydrogens is 301 g/mol. The van der Waals surface area contributed by atoms with E-state index in [1.807, 2.05) is 12.1 Å². The fraction of sp³-hybridized carbons (Fsp3) is 0.550. The van der Waals surface area contributed by atoms with Gasteiger partial charge in [0.15, 0.2) is 5.78 Å². The number of Topliss-reactive ketones (excluding diaryl/α,β-unsaturated/α-hetero) is 1. The van der Waals surface area contributed by atoms with Gasteiger partial charge in [0.05, 0.1) is 0 Å². The predicted octanol–water partition coefficient (Wildman–Crippen LogP) is 4.70. The molecule has 0 radical (unpaired) electrons. The van der Waals surface area contributed by atoms with Crippen LogP contribution in [0.4, 0.5) is 0 Å².